The molecule has 0 bridgehead atoms. The van der Waals surface area contributed by atoms with Gasteiger partial charge in [0.15, 0.2) is 5.82 Å². The van der Waals surface area contributed by atoms with Crippen LogP contribution < -0.4 is 5.32 Å². The van der Waals surface area contributed by atoms with E-state index in [0.29, 0.717) is 0 Å². The van der Waals surface area contributed by atoms with Crippen LogP contribution in [0.3, 0.4) is 0 Å². The van der Waals surface area contributed by atoms with Crippen LogP contribution in [0.2, 0.25) is 0 Å². The van der Waals surface area contributed by atoms with Crippen LogP contribution in [0.15, 0.2) is 24.5 Å². The molecule has 4 rings (SSSR count). The Hall–Kier alpha value is -2.28. The summed E-state index contributed by atoms with van der Waals surface area (Å²) in [6, 6.07) is 3.86. The Bertz CT molecular complexity index is 753. The van der Waals surface area contributed by atoms with Crippen molar-refractivity contribution in [2.45, 2.75) is 51.0 Å². The molecule has 2 aromatic heterocycles. The molecule has 0 saturated carbocycles. The van der Waals surface area contributed by atoms with Crippen LogP contribution in [0.1, 0.15) is 50.3 Å². The average Bonchev–Trinajstić information content (AvgIpc) is 3.17. The van der Waals surface area contributed by atoms with Crippen LogP contribution >= 0.6 is 0 Å². The van der Waals surface area contributed by atoms with Gasteiger partial charge in [0.25, 0.3) is 0 Å². The minimum atomic E-state index is -0.197. The maximum atomic E-state index is 12.7. The molecule has 0 radical (unpaired) electrons. The van der Waals surface area contributed by atoms with Gasteiger partial charge in [0.05, 0.1) is 5.92 Å². The van der Waals surface area contributed by atoms with Gasteiger partial charge in [-0.15, -0.1) is 10.2 Å². The lowest BCUT2D eigenvalue weighted by molar-refractivity contribution is -0.123. The summed E-state index contributed by atoms with van der Waals surface area (Å²) in [5.74, 6) is 1.51. The SMILES string of the molecule is O=C(NCCCN1CCCCC1)C1CCCn2c(-c3ccncc3)nnc21. The van der Waals surface area contributed by atoms with Crippen molar-refractivity contribution in [3.8, 4) is 11.4 Å². The second kappa shape index (κ2) is 8.61. The van der Waals surface area contributed by atoms with Crippen LogP contribution in [-0.4, -0.2) is 56.7 Å². The summed E-state index contributed by atoms with van der Waals surface area (Å²) >= 11 is 0. The predicted octanol–water partition coefficient (Wildman–Crippen LogP) is 2.21. The normalized spacial score (nSPS) is 20.2. The fourth-order valence-corrected chi connectivity index (χ4v) is 4.16. The van der Waals surface area contributed by atoms with Gasteiger partial charge >= 0.3 is 0 Å². The summed E-state index contributed by atoms with van der Waals surface area (Å²) in [5.41, 5.74) is 0.992. The minimum Gasteiger partial charge on any atom is -0.355 e. The van der Waals surface area contributed by atoms with Crippen LogP contribution in [0.25, 0.3) is 11.4 Å². The molecule has 144 valence electrons. The molecule has 2 aliphatic heterocycles. The summed E-state index contributed by atoms with van der Waals surface area (Å²) in [7, 11) is 0. The third-order valence-corrected chi connectivity index (χ3v) is 5.62. The van der Waals surface area contributed by atoms with E-state index in [1.54, 1.807) is 12.4 Å². The zero-order valence-electron chi connectivity index (χ0n) is 15.8. The van der Waals surface area contributed by atoms with E-state index in [4.69, 9.17) is 0 Å². The number of amides is 1. The fraction of sp³-hybridized carbons (Fsp3) is 0.600. The van der Waals surface area contributed by atoms with Crippen LogP contribution in [-0.2, 0) is 11.3 Å². The molecule has 1 fully saturated rings. The number of hydrogen-bond donors (Lipinski definition) is 1. The van der Waals surface area contributed by atoms with Gasteiger partial charge in [0.2, 0.25) is 5.91 Å². The molecule has 2 aromatic rings. The minimum absolute atomic E-state index is 0.0864. The summed E-state index contributed by atoms with van der Waals surface area (Å²) in [6.07, 6.45) is 10.3. The molecule has 0 aromatic carbocycles. The van der Waals surface area contributed by atoms with E-state index >= 15 is 0 Å². The molecule has 1 atom stereocenters. The molecule has 1 amide bonds. The molecule has 1 unspecified atom stereocenters. The van der Waals surface area contributed by atoms with Crippen molar-refractivity contribution in [3.63, 3.8) is 0 Å². The molecule has 4 heterocycles. The standard InChI is InChI=1S/C20H28N6O/c27-20(22-9-5-14-25-12-2-1-3-13-25)17-6-4-15-26-18(23-24-19(17)26)16-7-10-21-11-8-16/h7-8,10-11,17H,1-6,9,12-15H2,(H,22,27). The second-order valence-corrected chi connectivity index (χ2v) is 7.51. The van der Waals surface area contributed by atoms with Crippen LogP contribution in [0.5, 0.6) is 0 Å². The Morgan fingerprint density at radius 3 is 2.70 bits per heavy atom. The van der Waals surface area contributed by atoms with Gasteiger partial charge in [-0.1, -0.05) is 6.42 Å². The highest BCUT2D eigenvalue weighted by Gasteiger charge is 2.30. The van der Waals surface area contributed by atoms with Crippen molar-refractivity contribution in [3.05, 3.63) is 30.4 Å². The molecule has 7 heteroatoms. The lowest BCUT2D eigenvalue weighted by atomic mass is 9.97. The van der Waals surface area contributed by atoms with Gasteiger partial charge in [-0.2, -0.15) is 0 Å². The first-order valence-corrected chi connectivity index (χ1v) is 10.2. The Kier molecular flexibility index (Phi) is 5.77. The van der Waals surface area contributed by atoms with Gasteiger partial charge in [0, 0.05) is 31.0 Å². The van der Waals surface area contributed by atoms with Crippen molar-refractivity contribution >= 4 is 5.91 Å². The molecule has 7 nitrogen and oxygen atoms in total. The number of nitrogens with zero attached hydrogens (tertiary/aromatic N) is 5. The van der Waals surface area contributed by atoms with E-state index in [9.17, 15) is 4.79 Å². The van der Waals surface area contributed by atoms with E-state index in [2.05, 4.69) is 30.0 Å². The van der Waals surface area contributed by atoms with Gasteiger partial charge in [0.1, 0.15) is 5.82 Å². The molecule has 1 saturated heterocycles. The van der Waals surface area contributed by atoms with E-state index in [-0.39, 0.29) is 11.8 Å². The van der Waals surface area contributed by atoms with E-state index in [0.717, 1.165) is 56.1 Å². The number of aromatic nitrogens is 4. The molecule has 0 aliphatic carbocycles. The maximum absolute atomic E-state index is 12.7. The Balaban J connectivity index is 1.35. The Morgan fingerprint density at radius 1 is 1.07 bits per heavy atom. The number of nitrogens with one attached hydrogen (secondary N) is 1. The first-order valence-electron chi connectivity index (χ1n) is 10.2. The number of pyridine rings is 1. The zero-order chi connectivity index (χ0) is 18.5. The molecule has 2 aliphatic rings. The number of piperidine rings is 1. The summed E-state index contributed by atoms with van der Waals surface area (Å²) in [5, 5.41) is 11.8. The van der Waals surface area contributed by atoms with Crippen molar-refractivity contribution in [1.29, 1.82) is 0 Å². The highest BCUT2D eigenvalue weighted by atomic mass is 16.1. The predicted molar refractivity (Wildman–Crippen MR) is 103 cm³/mol. The number of rotatable bonds is 6. The first-order chi connectivity index (χ1) is 13.3. The van der Waals surface area contributed by atoms with Crippen molar-refractivity contribution < 1.29 is 4.79 Å². The molecule has 1 N–H and O–H groups in total. The molecule has 0 spiro atoms. The van der Waals surface area contributed by atoms with Gasteiger partial charge in [-0.25, -0.2) is 0 Å². The fourth-order valence-electron chi connectivity index (χ4n) is 4.16. The average molecular weight is 368 g/mol. The van der Waals surface area contributed by atoms with Crippen molar-refractivity contribution in [2.24, 2.45) is 0 Å². The summed E-state index contributed by atoms with van der Waals surface area (Å²) < 4.78 is 2.09. The topological polar surface area (TPSA) is 75.9 Å². The highest BCUT2D eigenvalue weighted by Crippen LogP contribution is 2.30. The monoisotopic (exact) mass is 368 g/mol. The number of carbonyl (C=O) groups excluding carboxylic acids is 1. The zero-order valence-corrected chi connectivity index (χ0v) is 15.8. The molecule has 27 heavy (non-hydrogen) atoms. The van der Waals surface area contributed by atoms with E-state index in [1.807, 2.05) is 12.1 Å². The third-order valence-electron chi connectivity index (χ3n) is 5.62. The summed E-state index contributed by atoms with van der Waals surface area (Å²) in [4.78, 5) is 19.3. The van der Waals surface area contributed by atoms with Crippen LogP contribution in [0.4, 0.5) is 0 Å². The third kappa shape index (κ3) is 4.18. The smallest absolute Gasteiger partial charge is 0.230 e. The van der Waals surface area contributed by atoms with E-state index in [1.165, 1.54) is 32.4 Å². The molecular weight excluding hydrogens is 340 g/mol. The van der Waals surface area contributed by atoms with Gasteiger partial charge in [-0.3, -0.25) is 9.78 Å². The molecular formula is C20H28N6O. The largest absolute Gasteiger partial charge is 0.355 e. The number of hydrogen-bond acceptors (Lipinski definition) is 5. The highest BCUT2D eigenvalue weighted by molar-refractivity contribution is 5.83. The van der Waals surface area contributed by atoms with Crippen LogP contribution in [0, 0.1) is 0 Å². The number of fused-ring (bicyclic) bond motifs is 1. The quantitative estimate of drug-likeness (QED) is 0.791. The van der Waals surface area contributed by atoms with Crippen molar-refractivity contribution in [2.75, 3.05) is 26.2 Å². The lowest BCUT2D eigenvalue weighted by Crippen LogP contribution is -2.36. The second-order valence-electron chi connectivity index (χ2n) is 7.51. The lowest BCUT2D eigenvalue weighted by Gasteiger charge is -2.26. The first kappa shape index (κ1) is 18.1. The Morgan fingerprint density at radius 2 is 1.89 bits per heavy atom. The number of likely N-dealkylation sites (tertiary alicyclic amines) is 1. The summed E-state index contributed by atoms with van der Waals surface area (Å²) in [6.45, 7) is 5.08. The number of carbonyl (C=O) groups is 1. The van der Waals surface area contributed by atoms with E-state index < -0.39 is 0 Å². The van der Waals surface area contributed by atoms with Gasteiger partial charge < -0.3 is 14.8 Å². The Labute approximate surface area is 160 Å². The maximum Gasteiger partial charge on any atom is 0.230 e. The van der Waals surface area contributed by atoms with Gasteiger partial charge in [-0.05, 0) is 63.9 Å². The van der Waals surface area contributed by atoms with Crippen molar-refractivity contribution in [1.82, 2.24) is 30.0 Å².